The number of ether oxygens (including phenoxy) is 1. The van der Waals surface area contributed by atoms with Gasteiger partial charge in [-0.2, -0.15) is 0 Å². The molecule has 1 fully saturated rings. The summed E-state index contributed by atoms with van der Waals surface area (Å²) in [7, 11) is 2.23. The summed E-state index contributed by atoms with van der Waals surface area (Å²) in [4.78, 5) is 3.91. The second-order valence-electron chi connectivity index (χ2n) is 5.98. The lowest BCUT2D eigenvalue weighted by atomic mass is 9.96. The summed E-state index contributed by atoms with van der Waals surface area (Å²) in [6.45, 7) is 7.34. The average molecular weight is 296 g/mol. The third kappa shape index (κ3) is 3.82. The Labute approximate surface area is 127 Å². The van der Waals surface area contributed by atoms with Crippen LogP contribution in [0.15, 0.2) is 11.4 Å². The predicted octanol–water partition coefficient (Wildman–Crippen LogP) is 3.19. The molecule has 0 bridgehead atoms. The molecule has 2 heterocycles. The highest BCUT2D eigenvalue weighted by Crippen LogP contribution is 2.32. The Morgan fingerprint density at radius 3 is 2.70 bits per heavy atom. The van der Waals surface area contributed by atoms with Gasteiger partial charge in [0.15, 0.2) is 0 Å². The van der Waals surface area contributed by atoms with E-state index in [4.69, 9.17) is 10.5 Å². The third-order valence-corrected chi connectivity index (χ3v) is 5.50. The molecule has 0 spiro atoms. The zero-order valence-electron chi connectivity index (χ0n) is 13.0. The van der Waals surface area contributed by atoms with E-state index in [-0.39, 0.29) is 6.04 Å². The van der Waals surface area contributed by atoms with Crippen LogP contribution in [0, 0.1) is 12.8 Å². The first-order chi connectivity index (χ1) is 9.63. The van der Waals surface area contributed by atoms with Crippen molar-refractivity contribution in [2.75, 3.05) is 26.8 Å². The highest BCUT2D eigenvalue weighted by molar-refractivity contribution is 7.10. The Morgan fingerprint density at radius 1 is 1.45 bits per heavy atom. The van der Waals surface area contributed by atoms with Crippen LogP contribution in [0.2, 0.25) is 0 Å². The summed E-state index contributed by atoms with van der Waals surface area (Å²) in [6.07, 6.45) is 3.38. The highest BCUT2D eigenvalue weighted by atomic mass is 32.1. The standard InChI is InChI=1S/C16H28N2OS/c1-4-14(17)15(16-12(2)7-10-20-16)18(3)11-13-5-8-19-9-6-13/h7,10,13-15H,4-6,8-9,11,17H2,1-3H3. The normalized spacial score (nSPS) is 20.2. The molecule has 1 aromatic heterocycles. The van der Waals surface area contributed by atoms with Gasteiger partial charge >= 0.3 is 0 Å². The molecule has 1 aromatic rings. The minimum atomic E-state index is 0.206. The van der Waals surface area contributed by atoms with Crippen LogP contribution in [0.1, 0.15) is 42.7 Å². The summed E-state index contributed by atoms with van der Waals surface area (Å²) < 4.78 is 5.46. The Bertz CT molecular complexity index is 401. The molecular formula is C16H28N2OS. The molecule has 0 radical (unpaired) electrons. The summed E-state index contributed by atoms with van der Waals surface area (Å²) in [6, 6.07) is 2.76. The molecule has 114 valence electrons. The van der Waals surface area contributed by atoms with Gasteiger partial charge in [0.05, 0.1) is 6.04 Å². The second-order valence-corrected chi connectivity index (χ2v) is 6.93. The summed E-state index contributed by atoms with van der Waals surface area (Å²) in [5.74, 6) is 0.751. The Kier molecular flexibility index (Phi) is 6.02. The van der Waals surface area contributed by atoms with Gasteiger partial charge in [-0.15, -0.1) is 11.3 Å². The molecule has 2 unspecified atom stereocenters. The maximum absolute atomic E-state index is 6.42. The van der Waals surface area contributed by atoms with Crippen molar-refractivity contribution in [3.8, 4) is 0 Å². The third-order valence-electron chi connectivity index (χ3n) is 4.41. The Hall–Kier alpha value is -0.420. The minimum Gasteiger partial charge on any atom is -0.381 e. The van der Waals surface area contributed by atoms with Crippen LogP contribution in [0.4, 0.5) is 0 Å². The highest BCUT2D eigenvalue weighted by Gasteiger charge is 2.27. The fourth-order valence-corrected chi connectivity index (χ4v) is 4.25. The van der Waals surface area contributed by atoms with Crippen molar-refractivity contribution in [1.29, 1.82) is 0 Å². The maximum atomic E-state index is 6.42. The van der Waals surface area contributed by atoms with E-state index in [0.29, 0.717) is 6.04 Å². The van der Waals surface area contributed by atoms with Crippen molar-refractivity contribution in [3.63, 3.8) is 0 Å². The van der Waals surface area contributed by atoms with Gasteiger partial charge in [-0.3, -0.25) is 4.90 Å². The zero-order valence-corrected chi connectivity index (χ0v) is 13.8. The number of likely N-dealkylation sites (N-methyl/N-ethyl adjacent to an activating group) is 1. The Balaban J connectivity index is 2.07. The average Bonchev–Trinajstić information content (AvgIpc) is 2.86. The van der Waals surface area contributed by atoms with Crippen LogP contribution >= 0.6 is 11.3 Å². The first kappa shape index (κ1) is 16.0. The van der Waals surface area contributed by atoms with Gasteiger partial charge in [-0.1, -0.05) is 6.92 Å². The van der Waals surface area contributed by atoms with E-state index in [0.717, 1.165) is 32.1 Å². The van der Waals surface area contributed by atoms with Crippen molar-refractivity contribution < 1.29 is 4.74 Å². The molecule has 1 aliphatic rings. The van der Waals surface area contributed by atoms with Crippen LogP contribution in [0.5, 0.6) is 0 Å². The molecule has 2 rings (SSSR count). The predicted molar refractivity (Wildman–Crippen MR) is 86.2 cm³/mol. The molecule has 0 amide bonds. The molecule has 0 aromatic carbocycles. The quantitative estimate of drug-likeness (QED) is 0.876. The summed E-state index contributed by atoms with van der Waals surface area (Å²) in [5, 5.41) is 2.18. The number of hydrogen-bond donors (Lipinski definition) is 1. The molecule has 0 aliphatic carbocycles. The van der Waals surface area contributed by atoms with Crippen molar-refractivity contribution in [1.82, 2.24) is 4.90 Å². The number of aryl methyl sites for hydroxylation is 1. The van der Waals surface area contributed by atoms with E-state index in [9.17, 15) is 0 Å². The summed E-state index contributed by atoms with van der Waals surface area (Å²) >= 11 is 1.85. The molecule has 4 heteroatoms. The monoisotopic (exact) mass is 296 g/mol. The lowest BCUT2D eigenvalue weighted by Crippen LogP contribution is -2.41. The number of nitrogens with two attached hydrogens (primary N) is 1. The molecule has 0 saturated carbocycles. The molecule has 20 heavy (non-hydrogen) atoms. The van der Waals surface area contributed by atoms with E-state index in [2.05, 4.69) is 37.2 Å². The van der Waals surface area contributed by atoms with Gasteiger partial charge in [-0.05, 0) is 56.2 Å². The molecule has 2 atom stereocenters. The molecule has 1 saturated heterocycles. The van der Waals surface area contributed by atoms with Crippen LogP contribution < -0.4 is 5.73 Å². The lowest BCUT2D eigenvalue weighted by Gasteiger charge is -2.35. The van der Waals surface area contributed by atoms with Gasteiger partial charge in [0.1, 0.15) is 0 Å². The van der Waals surface area contributed by atoms with Gasteiger partial charge in [0.2, 0.25) is 0 Å². The van der Waals surface area contributed by atoms with Crippen LogP contribution in [0.25, 0.3) is 0 Å². The van der Waals surface area contributed by atoms with Crippen LogP contribution in [0.3, 0.4) is 0 Å². The first-order valence-corrected chi connectivity index (χ1v) is 8.59. The topological polar surface area (TPSA) is 38.5 Å². The van der Waals surface area contributed by atoms with Crippen molar-refractivity contribution in [2.24, 2.45) is 11.7 Å². The van der Waals surface area contributed by atoms with Crippen molar-refractivity contribution >= 4 is 11.3 Å². The summed E-state index contributed by atoms with van der Waals surface area (Å²) in [5.41, 5.74) is 7.80. The van der Waals surface area contributed by atoms with Gasteiger partial charge in [0, 0.05) is 30.7 Å². The van der Waals surface area contributed by atoms with E-state index in [1.165, 1.54) is 23.3 Å². The molecule has 2 N–H and O–H groups in total. The molecule has 1 aliphatic heterocycles. The Morgan fingerprint density at radius 2 is 2.15 bits per heavy atom. The largest absolute Gasteiger partial charge is 0.381 e. The zero-order chi connectivity index (χ0) is 14.5. The van der Waals surface area contributed by atoms with Gasteiger partial charge < -0.3 is 10.5 Å². The number of hydrogen-bond acceptors (Lipinski definition) is 4. The first-order valence-electron chi connectivity index (χ1n) is 7.71. The van der Waals surface area contributed by atoms with E-state index in [1.807, 2.05) is 11.3 Å². The lowest BCUT2D eigenvalue weighted by molar-refractivity contribution is 0.0483. The minimum absolute atomic E-state index is 0.206. The van der Waals surface area contributed by atoms with Crippen molar-refractivity contribution in [2.45, 2.75) is 45.2 Å². The van der Waals surface area contributed by atoms with E-state index >= 15 is 0 Å². The smallest absolute Gasteiger partial charge is 0.0593 e. The number of thiophene rings is 1. The second kappa shape index (κ2) is 7.55. The van der Waals surface area contributed by atoms with Crippen LogP contribution in [-0.2, 0) is 4.74 Å². The van der Waals surface area contributed by atoms with Gasteiger partial charge in [0.25, 0.3) is 0 Å². The fraction of sp³-hybridized carbons (Fsp3) is 0.750. The number of nitrogens with zero attached hydrogens (tertiary/aromatic N) is 1. The van der Waals surface area contributed by atoms with Gasteiger partial charge in [-0.25, -0.2) is 0 Å². The van der Waals surface area contributed by atoms with E-state index in [1.54, 1.807) is 0 Å². The van der Waals surface area contributed by atoms with Crippen LogP contribution in [-0.4, -0.2) is 37.7 Å². The maximum Gasteiger partial charge on any atom is 0.0593 e. The van der Waals surface area contributed by atoms with E-state index < -0.39 is 0 Å². The van der Waals surface area contributed by atoms with Crippen molar-refractivity contribution in [3.05, 3.63) is 21.9 Å². The fourth-order valence-electron chi connectivity index (χ4n) is 3.08. The molecule has 3 nitrogen and oxygen atoms in total. The SMILES string of the molecule is CCC(N)C(c1sccc1C)N(C)CC1CCOCC1. The molecular weight excluding hydrogens is 268 g/mol. The number of rotatable bonds is 6.